The van der Waals surface area contributed by atoms with Gasteiger partial charge in [-0.15, -0.1) is 11.3 Å². The van der Waals surface area contributed by atoms with Crippen molar-refractivity contribution >= 4 is 32.8 Å². The van der Waals surface area contributed by atoms with Crippen molar-refractivity contribution in [1.82, 2.24) is 9.97 Å². The Balaban J connectivity index is 1.93. The summed E-state index contributed by atoms with van der Waals surface area (Å²) < 4.78 is 35.8. The minimum absolute atomic E-state index is 0.0948. The van der Waals surface area contributed by atoms with Crippen LogP contribution in [0.2, 0.25) is 5.02 Å². The fraction of sp³-hybridized carbons (Fsp3) is 0.176. The van der Waals surface area contributed by atoms with Crippen LogP contribution < -0.4 is 9.47 Å². The quantitative estimate of drug-likeness (QED) is 0.614. The number of pyridine rings is 1. The number of hydrogen-bond acceptors (Lipinski definition) is 7. The highest BCUT2D eigenvalue weighted by Crippen LogP contribution is 2.39. The Morgan fingerprint density at radius 3 is 2.65 bits per heavy atom. The first-order valence-corrected chi connectivity index (χ1v) is 10.4. The SMILES string of the molecule is COc1cccc(-c2nc(CS(=O)(=O)c3ncccc3Cl)cs2)c1OC. The van der Waals surface area contributed by atoms with Crippen molar-refractivity contribution in [1.29, 1.82) is 0 Å². The molecule has 1 aromatic carbocycles. The highest BCUT2D eigenvalue weighted by atomic mass is 35.5. The van der Waals surface area contributed by atoms with Gasteiger partial charge in [0, 0.05) is 11.6 Å². The topological polar surface area (TPSA) is 78.4 Å². The molecule has 9 heteroatoms. The number of hydrogen-bond donors (Lipinski definition) is 0. The maximum Gasteiger partial charge on any atom is 0.202 e. The van der Waals surface area contributed by atoms with Crippen molar-refractivity contribution in [2.75, 3.05) is 14.2 Å². The minimum atomic E-state index is -3.70. The highest BCUT2D eigenvalue weighted by molar-refractivity contribution is 7.90. The van der Waals surface area contributed by atoms with Crippen molar-refractivity contribution in [2.45, 2.75) is 10.8 Å². The zero-order valence-corrected chi connectivity index (χ0v) is 16.4. The normalized spacial score (nSPS) is 11.3. The summed E-state index contributed by atoms with van der Waals surface area (Å²) in [6.07, 6.45) is 1.40. The number of para-hydroxylation sites is 1. The number of ether oxygens (including phenoxy) is 2. The van der Waals surface area contributed by atoms with Crippen molar-refractivity contribution in [3.05, 3.63) is 52.6 Å². The zero-order chi connectivity index (χ0) is 18.7. The second-order valence-corrected chi connectivity index (χ2v) is 8.40. The maximum atomic E-state index is 12.6. The lowest BCUT2D eigenvalue weighted by Crippen LogP contribution is -2.08. The summed E-state index contributed by atoms with van der Waals surface area (Å²) in [5, 5.41) is 2.29. The van der Waals surface area contributed by atoms with Crippen LogP contribution in [-0.4, -0.2) is 32.6 Å². The number of thiazole rings is 1. The molecule has 0 spiro atoms. The summed E-state index contributed by atoms with van der Waals surface area (Å²) in [7, 11) is -0.598. The Kier molecular flexibility index (Phi) is 5.45. The predicted octanol–water partition coefficient (Wildman–Crippen LogP) is 3.85. The molecule has 0 unspecified atom stereocenters. The Labute approximate surface area is 160 Å². The minimum Gasteiger partial charge on any atom is -0.493 e. The number of halogens is 1. The molecule has 0 amide bonds. The first-order chi connectivity index (χ1) is 12.5. The van der Waals surface area contributed by atoms with E-state index in [-0.39, 0.29) is 15.8 Å². The third-order valence-corrected chi connectivity index (χ3v) is 6.47. The molecule has 2 aromatic heterocycles. The molecule has 3 aromatic rings. The van der Waals surface area contributed by atoms with E-state index in [1.54, 1.807) is 31.7 Å². The smallest absolute Gasteiger partial charge is 0.202 e. The highest BCUT2D eigenvalue weighted by Gasteiger charge is 2.22. The van der Waals surface area contributed by atoms with Gasteiger partial charge in [0.25, 0.3) is 0 Å². The van der Waals surface area contributed by atoms with E-state index in [1.807, 2.05) is 12.1 Å². The molecule has 3 rings (SSSR count). The largest absolute Gasteiger partial charge is 0.493 e. The van der Waals surface area contributed by atoms with Crippen LogP contribution in [0, 0.1) is 0 Å². The van der Waals surface area contributed by atoms with E-state index in [9.17, 15) is 8.42 Å². The van der Waals surface area contributed by atoms with Crippen LogP contribution >= 0.6 is 22.9 Å². The first-order valence-electron chi connectivity index (χ1n) is 7.45. The number of rotatable bonds is 6. The summed E-state index contributed by atoms with van der Waals surface area (Å²) in [5.41, 5.74) is 1.15. The second-order valence-electron chi connectivity index (χ2n) is 5.23. The monoisotopic (exact) mass is 410 g/mol. The van der Waals surface area contributed by atoms with Crippen molar-refractivity contribution < 1.29 is 17.9 Å². The molecule has 0 saturated carbocycles. The summed E-state index contributed by atoms with van der Waals surface area (Å²) in [6.45, 7) is 0. The Bertz CT molecular complexity index is 1030. The molecule has 0 radical (unpaired) electrons. The Morgan fingerprint density at radius 2 is 1.96 bits per heavy atom. The van der Waals surface area contributed by atoms with Crippen LogP contribution in [0.1, 0.15) is 5.69 Å². The average Bonchev–Trinajstić information content (AvgIpc) is 3.08. The second kappa shape index (κ2) is 7.61. The molecule has 0 N–H and O–H groups in total. The van der Waals surface area contributed by atoms with Crippen LogP contribution in [0.5, 0.6) is 11.5 Å². The van der Waals surface area contributed by atoms with Crippen LogP contribution in [0.3, 0.4) is 0 Å². The molecule has 0 aliphatic heterocycles. The maximum absolute atomic E-state index is 12.6. The van der Waals surface area contributed by atoms with Gasteiger partial charge in [-0.05, 0) is 24.3 Å². The van der Waals surface area contributed by atoms with Gasteiger partial charge in [-0.3, -0.25) is 0 Å². The zero-order valence-electron chi connectivity index (χ0n) is 14.0. The molecule has 0 saturated heterocycles. The lowest BCUT2D eigenvalue weighted by molar-refractivity contribution is 0.356. The number of benzene rings is 1. The van der Waals surface area contributed by atoms with E-state index in [0.717, 1.165) is 5.56 Å². The molecule has 136 valence electrons. The molecule has 0 atom stereocenters. The van der Waals surface area contributed by atoms with E-state index in [4.69, 9.17) is 21.1 Å². The summed E-state index contributed by atoms with van der Waals surface area (Å²) in [4.78, 5) is 8.32. The number of nitrogens with zero attached hydrogens (tertiary/aromatic N) is 2. The van der Waals surface area contributed by atoms with Crippen molar-refractivity contribution in [3.8, 4) is 22.1 Å². The third kappa shape index (κ3) is 3.67. The van der Waals surface area contributed by atoms with Crippen LogP contribution in [0.25, 0.3) is 10.6 Å². The fourth-order valence-corrected chi connectivity index (χ4v) is 5.10. The van der Waals surface area contributed by atoms with Gasteiger partial charge in [-0.25, -0.2) is 18.4 Å². The van der Waals surface area contributed by atoms with Crippen LogP contribution in [0.15, 0.2) is 46.9 Å². The van der Waals surface area contributed by atoms with Gasteiger partial charge in [-0.2, -0.15) is 0 Å². The molecule has 0 fully saturated rings. The number of sulfone groups is 1. The van der Waals surface area contributed by atoms with Gasteiger partial charge >= 0.3 is 0 Å². The van der Waals surface area contributed by atoms with Crippen LogP contribution in [-0.2, 0) is 15.6 Å². The molecular formula is C17H15ClN2O4S2. The average molecular weight is 411 g/mol. The summed E-state index contributed by atoms with van der Waals surface area (Å²) in [5.74, 6) is 0.841. The van der Waals surface area contributed by atoms with E-state index in [2.05, 4.69) is 9.97 Å². The molecule has 2 heterocycles. The van der Waals surface area contributed by atoms with Gasteiger partial charge in [0.15, 0.2) is 16.5 Å². The van der Waals surface area contributed by atoms with E-state index >= 15 is 0 Å². The van der Waals surface area contributed by atoms with Gasteiger partial charge in [0.05, 0.1) is 36.3 Å². The van der Waals surface area contributed by atoms with E-state index in [0.29, 0.717) is 22.2 Å². The lowest BCUT2D eigenvalue weighted by atomic mass is 10.2. The van der Waals surface area contributed by atoms with Gasteiger partial charge < -0.3 is 9.47 Å². The van der Waals surface area contributed by atoms with Crippen molar-refractivity contribution in [2.24, 2.45) is 0 Å². The molecule has 6 nitrogen and oxygen atoms in total. The molecule has 26 heavy (non-hydrogen) atoms. The fourth-order valence-electron chi connectivity index (χ4n) is 2.42. The summed E-state index contributed by atoms with van der Waals surface area (Å²) >= 11 is 7.29. The van der Waals surface area contributed by atoms with E-state index < -0.39 is 9.84 Å². The Morgan fingerprint density at radius 1 is 1.15 bits per heavy atom. The van der Waals surface area contributed by atoms with Gasteiger partial charge in [0.1, 0.15) is 5.01 Å². The third-order valence-electron chi connectivity index (χ3n) is 3.54. The molecular weight excluding hydrogens is 396 g/mol. The van der Waals surface area contributed by atoms with Crippen molar-refractivity contribution in [3.63, 3.8) is 0 Å². The number of methoxy groups -OCH3 is 2. The molecule has 0 aliphatic carbocycles. The van der Waals surface area contributed by atoms with Gasteiger partial charge in [0.2, 0.25) is 9.84 Å². The first kappa shape index (κ1) is 18.6. The lowest BCUT2D eigenvalue weighted by Gasteiger charge is -2.10. The van der Waals surface area contributed by atoms with Gasteiger partial charge in [-0.1, -0.05) is 17.7 Å². The van der Waals surface area contributed by atoms with Crippen LogP contribution in [0.4, 0.5) is 0 Å². The predicted molar refractivity (Wildman–Crippen MR) is 101 cm³/mol. The molecule has 0 aliphatic rings. The Hall–Kier alpha value is -2.16. The molecule has 0 bridgehead atoms. The number of aromatic nitrogens is 2. The van der Waals surface area contributed by atoms with E-state index in [1.165, 1.54) is 23.6 Å². The summed E-state index contributed by atoms with van der Waals surface area (Å²) in [6, 6.07) is 8.52. The standard InChI is InChI=1S/C17H15ClN2O4S2/c1-23-14-7-3-5-12(15(14)24-2)16-20-11(9-25-16)10-26(21,22)17-13(18)6-4-8-19-17/h3-9H,10H2,1-2H3.